The van der Waals surface area contributed by atoms with Crippen LogP contribution in [0.15, 0.2) is 0 Å². The number of aliphatic hydroxyl groups excluding tert-OH is 1. The van der Waals surface area contributed by atoms with Crippen molar-refractivity contribution in [2.45, 2.75) is 13.3 Å². The maximum absolute atomic E-state index is 11.7. The first kappa shape index (κ1) is 14.3. The molecule has 0 radical (unpaired) electrons. The fourth-order valence-corrected chi connectivity index (χ4v) is 1.26. The second-order valence-electron chi connectivity index (χ2n) is 3.55. The van der Waals surface area contributed by atoms with Gasteiger partial charge in [-0.2, -0.15) is 0 Å². The molecule has 0 unspecified atom stereocenters. The Labute approximate surface area is 91.8 Å². The Morgan fingerprint density at radius 2 is 2.07 bits per heavy atom. The van der Waals surface area contributed by atoms with Crippen LogP contribution in [-0.2, 0) is 4.79 Å². The molecule has 0 aliphatic carbocycles. The lowest BCUT2D eigenvalue weighted by molar-refractivity contribution is -0.131. The molecular formula is C10H23N3O2. The van der Waals surface area contributed by atoms with E-state index in [0.717, 1.165) is 13.0 Å². The number of hydrogen-bond acceptors (Lipinski definition) is 4. The monoisotopic (exact) mass is 217 g/mol. The van der Waals surface area contributed by atoms with Crippen molar-refractivity contribution < 1.29 is 9.90 Å². The topological polar surface area (TPSA) is 69.8 Å². The van der Waals surface area contributed by atoms with Gasteiger partial charge in [0.1, 0.15) is 0 Å². The van der Waals surface area contributed by atoms with E-state index in [1.807, 2.05) is 11.8 Å². The first-order valence-corrected chi connectivity index (χ1v) is 5.42. The first-order valence-electron chi connectivity index (χ1n) is 5.42. The van der Waals surface area contributed by atoms with Crippen molar-refractivity contribution in [2.24, 2.45) is 5.73 Å². The van der Waals surface area contributed by atoms with Crippen LogP contribution in [0.1, 0.15) is 13.3 Å². The van der Waals surface area contributed by atoms with E-state index in [1.165, 1.54) is 0 Å². The van der Waals surface area contributed by atoms with E-state index in [-0.39, 0.29) is 12.5 Å². The van der Waals surface area contributed by atoms with Gasteiger partial charge in [0.2, 0.25) is 5.91 Å². The summed E-state index contributed by atoms with van der Waals surface area (Å²) in [6.07, 6.45) is 0.828. The number of amides is 1. The number of rotatable bonds is 8. The zero-order valence-corrected chi connectivity index (χ0v) is 9.78. The van der Waals surface area contributed by atoms with Crippen LogP contribution < -0.4 is 5.73 Å². The molecule has 0 atom stereocenters. The van der Waals surface area contributed by atoms with Crippen molar-refractivity contribution in [3.8, 4) is 0 Å². The van der Waals surface area contributed by atoms with E-state index >= 15 is 0 Å². The van der Waals surface area contributed by atoms with Gasteiger partial charge in [0.05, 0.1) is 13.2 Å². The Bertz CT molecular complexity index is 176. The molecule has 0 spiro atoms. The van der Waals surface area contributed by atoms with E-state index in [9.17, 15) is 4.79 Å². The molecule has 0 aliphatic rings. The third kappa shape index (κ3) is 6.43. The van der Waals surface area contributed by atoms with Gasteiger partial charge in [-0.05, 0) is 19.5 Å². The third-order valence-electron chi connectivity index (χ3n) is 2.35. The summed E-state index contributed by atoms with van der Waals surface area (Å²) in [5.74, 6) is 0.0822. The molecule has 3 N–H and O–H groups in total. The fourth-order valence-electron chi connectivity index (χ4n) is 1.26. The Balaban J connectivity index is 3.87. The minimum Gasteiger partial charge on any atom is -0.395 e. The number of nitrogens with zero attached hydrogens (tertiary/aromatic N) is 2. The minimum absolute atomic E-state index is 0.0822. The molecule has 0 aromatic heterocycles. The van der Waals surface area contributed by atoms with Crippen LogP contribution in [0.5, 0.6) is 0 Å². The molecule has 5 heteroatoms. The number of hydrogen-bond donors (Lipinski definition) is 2. The van der Waals surface area contributed by atoms with Gasteiger partial charge < -0.3 is 15.7 Å². The number of carbonyl (C=O) groups excluding carboxylic acids is 1. The van der Waals surface area contributed by atoms with Gasteiger partial charge in [-0.15, -0.1) is 0 Å². The van der Waals surface area contributed by atoms with Crippen molar-refractivity contribution in [3.63, 3.8) is 0 Å². The predicted molar refractivity (Wildman–Crippen MR) is 60.5 cm³/mol. The van der Waals surface area contributed by atoms with Crippen LogP contribution >= 0.6 is 0 Å². The average molecular weight is 217 g/mol. The average Bonchev–Trinajstić information content (AvgIpc) is 2.24. The smallest absolute Gasteiger partial charge is 0.236 e. The van der Waals surface area contributed by atoms with Gasteiger partial charge in [-0.3, -0.25) is 9.69 Å². The molecule has 0 aromatic carbocycles. The van der Waals surface area contributed by atoms with E-state index < -0.39 is 0 Å². The lowest BCUT2D eigenvalue weighted by Crippen LogP contribution is -2.40. The van der Waals surface area contributed by atoms with Gasteiger partial charge in [-0.25, -0.2) is 0 Å². The summed E-state index contributed by atoms with van der Waals surface area (Å²) in [7, 11) is 1.78. The number of aliphatic hydroxyl groups is 1. The largest absolute Gasteiger partial charge is 0.395 e. The molecule has 0 aromatic rings. The molecule has 0 saturated heterocycles. The molecule has 0 bridgehead atoms. The highest BCUT2D eigenvalue weighted by atomic mass is 16.3. The third-order valence-corrected chi connectivity index (χ3v) is 2.35. The molecule has 0 aliphatic heterocycles. The van der Waals surface area contributed by atoms with Gasteiger partial charge in [0.15, 0.2) is 0 Å². The lowest BCUT2D eigenvalue weighted by atomic mass is 10.3. The lowest BCUT2D eigenvalue weighted by Gasteiger charge is -2.23. The minimum atomic E-state index is 0.0822. The quantitative estimate of drug-likeness (QED) is 0.553. The zero-order chi connectivity index (χ0) is 11.7. The van der Waals surface area contributed by atoms with E-state index in [1.54, 1.807) is 11.9 Å². The highest BCUT2D eigenvalue weighted by Crippen LogP contribution is 1.93. The normalized spacial score (nSPS) is 10.7. The first-order chi connectivity index (χ1) is 7.15. The molecule has 0 rings (SSSR count). The van der Waals surface area contributed by atoms with Crippen LogP contribution in [0.2, 0.25) is 0 Å². The number of nitrogens with two attached hydrogens (primary N) is 1. The van der Waals surface area contributed by atoms with E-state index in [2.05, 4.69) is 0 Å². The summed E-state index contributed by atoms with van der Waals surface area (Å²) < 4.78 is 0. The van der Waals surface area contributed by atoms with Crippen LogP contribution in [0.3, 0.4) is 0 Å². The van der Waals surface area contributed by atoms with Crippen LogP contribution in [0, 0.1) is 0 Å². The standard InChI is InChI=1S/C10H23N3O2/c1-3-13(7-8-14)9-10(15)12(2)6-4-5-11/h14H,3-9,11H2,1-2H3. The fraction of sp³-hybridized carbons (Fsp3) is 0.900. The van der Waals surface area contributed by atoms with Gasteiger partial charge in [-0.1, -0.05) is 6.92 Å². The van der Waals surface area contributed by atoms with Gasteiger partial charge in [0, 0.05) is 20.1 Å². The Hall–Kier alpha value is -0.650. The Morgan fingerprint density at radius 3 is 2.53 bits per heavy atom. The van der Waals surface area contributed by atoms with Crippen LogP contribution in [0.25, 0.3) is 0 Å². The van der Waals surface area contributed by atoms with Crippen molar-refractivity contribution in [1.29, 1.82) is 0 Å². The molecule has 15 heavy (non-hydrogen) atoms. The molecule has 90 valence electrons. The highest BCUT2D eigenvalue weighted by Gasteiger charge is 2.12. The van der Waals surface area contributed by atoms with Crippen LogP contribution in [0.4, 0.5) is 0 Å². The van der Waals surface area contributed by atoms with Crippen molar-refractivity contribution in [2.75, 3.05) is 46.4 Å². The predicted octanol–water partition coefficient (Wildman–Crippen LogP) is -0.892. The second kappa shape index (κ2) is 8.64. The molecule has 0 heterocycles. The number of likely N-dealkylation sites (N-methyl/N-ethyl adjacent to an activating group) is 2. The van der Waals surface area contributed by atoms with Crippen molar-refractivity contribution in [3.05, 3.63) is 0 Å². The summed E-state index contributed by atoms with van der Waals surface area (Å²) in [5.41, 5.74) is 5.37. The molecule has 5 nitrogen and oxygen atoms in total. The second-order valence-corrected chi connectivity index (χ2v) is 3.55. The zero-order valence-electron chi connectivity index (χ0n) is 9.78. The van der Waals surface area contributed by atoms with E-state index in [4.69, 9.17) is 10.8 Å². The van der Waals surface area contributed by atoms with Crippen molar-refractivity contribution >= 4 is 5.91 Å². The summed E-state index contributed by atoms with van der Waals surface area (Å²) in [4.78, 5) is 15.3. The molecule has 0 fully saturated rings. The highest BCUT2D eigenvalue weighted by molar-refractivity contribution is 5.77. The maximum Gasteiger partial charge on any atom is 0.236 e. The molecular weight excluding hydrogens is 194 g/mol. The number of carbonyl (C=O) groups is 1. The summed E-state index contributed by atoms with van der Waals surface area (Å²) in [6, 6.07) is 0. The van der Waals surface area contributed by atoms with Gasteiger partial charge in [0.25, 0.3) is 0 Å². The summed E-state index contributed by atoms with van der Waals surface area (Å²) in [5, 5.41) is 8.78. The van der Waals surface area contributed by atoms with E-state index in [0.29, 0.717) is 26.2 Å². The Kier molecular flexibility index (Phi) is 8.27. The van der Waals surface area contributed by atoms with Gasteiger partial charge >= 0.3 is 0 Å². The summed E-state index contributed by atoms with van der Waals surface area (Å²) >= 11 is 0. The maximum atomic E-state index is 11.7. The molecule has 1 amide bonds. The Morgan fingerprint density at radius 1 is 1.40 bits per heavy atom. The molecule has 0 saturated carbocycles. The summed E-state index contributed by atoms with van der Waals surface area (Å²) in [6.45, 7) is 5.07. The van der Waals surface area contributed by atoms with Crippen LogP contribution in [-0.4, -0.2) is 67.2 Å². The van der Waals surface area contributed by atoms with Crippen molar-refractivity contribution in [1.82, 2.24) is 9.80 Å². The SMILES string of the molecule is CCN(CCO)CC(=O)N(C)CCCN.